The lowest BCUT2D eigenvalue weighted by Gasteiger charge is -2.06. The van der Waals surface area contributed by atoms with Crippen LogP contribution in [0.2, 0.25) is 0 Å². The van der Waals surface area contributed by atoms with Crippen LogP contribution >= 0.6 is 45.5 Å². The van der Waals surface area contributed by atoms with Crippen LogP contribution in [0.3, 0.4) is 0 Å². The van der Waals surface area contributed by atoms with Crippen LogP contribution in [0.25, 0.3) is 0 Å². The van der Waals surface area contributed by atoms with Gasteiger partial charge in [0.05, 0.1) is 28.6 Å². The lowest BCUT2D eigenvalue weighted by molar-refractivity contribution is -0.0425. The maximum Gasteiger partial charge on any atom is 0.178 e. The first-order valence-corrected chi connectivity index (χ1v) is 5.33. The molecule has 0 atom stereocenters. The molecule has 0 aliphatic heterocycles. The zero-order chi connectivity index (χ0) is 9.14. The van der Waals surface area contributed by atoms with Crippen molar-refractivity contribution < 1.29 is 10.2 Å². The topological polar surface area (TPSA) is 52.5 Å². The average molecular weight is 391 g/mol. The van der Waals surface area contributed by atoms with Gasteiger partial charge in [0.15, 0.2) is 6.29 Å². The summed E-state index contributed by atoms with van der Waals surface area (Å²) in [6.07, 6.45) is -1.39. The number of hydrogen-bond acceptors (Lipinski definition) is 3. The highest BCUT2D eigenvalue weighted by Gasteiger charge is 2.04. The van der Waals surface area contributed by atoms with Crippen LogP contribution in [-0.4, -0.2) is 10.2 Å². The summed E-state index contributed by atoms with van der Waals surface area (Å²) in [5.41, 5.74) is 1.48. The second-order valence-electron chi connectivity index (χ2n) is 2.21. The molecular formula is C7H7I2NO2. The minimum atomic E-state index is -1.39. The van der Waals surface area contributed by atoms with E-state index in [9.17, 15) is 0 Å². The van der Waals surface area contributed by atoms with E-state index in [0.717, 1.165) is 9.26 Å². The monoisotopic (exact) mass is 391 g/mol. The molecule has 3 N–H and O–H groups in total. The van der Waals surface area contributed by atoms with Gasteiger partial charge in [-0.2, -0.15) is 0 Å². The maximum absolute atomic E-state index is 8.84. The third-order valence-corrected chi connectivity index (χ3v) is 2.87. The van der Waals surface area contributed by atoms with Crippen molar-refractivity contribution in [3.63, 3.8) is 0 Å². The number of halogens is 2. The van der Waals surface area contributed by atoms with Crippen molar-refractivity contribution in [2.75, 3.05) is 3.53 Å². The smallest absolute Gasteiger partial charge is 0.178 e. The number of rotatable bonds is 2. The Hall–Kier alpha value is 0.400. The van der Waals surface area contributed by atoms with Gasteiger partial charge in [-0.3, -0.25) is 0 Å². The van der Waals surface area contributed by atoms with Crippen molar-refractivity contribution in [2.45, 2.75) is 6.29 Å². The summed E-state index contributed by atoms with van der Waals surface area (Å²) < 4.78 is 3.93. The molecule has 0 bridgehead atoms. The van der Waals surface area contributed by atoms with Gasteiger partial charge >= 0.3 is 0 Å². The van der Waals surface area contributed by atoms with Crippen molar-refractivity contribution >= 4 is 51.1 Å². The standard InChI is InChI=1S/C7H7I2NO2/c8-5-3-4(7(11)12)1-2-6(5)10-9/h1-3,7,10-12H. The highest BCUT2D eigenvalue weighted by molar-refractivity contribution is 14.1. The van der Waals surface area contributed by atoms with Gasteiger partial charge < -0.3 is 13.7 Å². The van der Waals surface area contributed by atoms with Gasteiger partial charge in [-0.05, 0) is 34.7 Å². The summed E-state index contributed by atoms with van der Waals surface area (Å²) in [6.45, 7) is 0. The maximum atomic E-state index is 8.84. The Morgan fingerprint density at radius 3 is 2.42 bits per heavy atom. The Labute approximate surface area is 97.8 Å². The second-order valence-corrected chi connectivity index (χ2v) is 3.91. The molecule has 1 rings (SSSR count). The molecule has 1 aromatic rings. The van der Waals surface area contributed by atoms with E-state index in [4.69, 9.17) is 10.2 Å². The fraction of sp³-hybridized carbons (Fsp3) is 0.143. The van der Waals surface area contributed by atoms with Crippen LogP contribution < -0.4 is 3.53 Å². The fourth-order valence-electron chi connectivity index (χ4n) is 0.769. The Bertz CT molecular complexity index is 278. The Kier molecular flexibility index (Phi) is 4.00. The molecule has 0 heterocycles. The largest absolute Gasteiger partial charge is 0.364 e. The first kappa shape index (κ1) is 10.5. The van der Waals surface area contributed by atoms with E-state index in [0.29, 0.717) is 5.56 Å². The fourth-order valence-corrected chi connectivity index (χ4v) is 2.43. The minimum absolute atomic E-state index is 0.509. The van der Waals surface area contributed by atoms with Crippen LogP contribution in [0.1, 0.15) is 11.9 Å². The summed E-state index contributed by atoms with van der Waals surface area (Å²) >= 11 is 4.16. The molecule has 12 heavy (non-hydrogen) atoms. The van der Waals surface area contributed by atoms with Crippen molar-refractivity contribution in [3.05, 3.63) is 27.3 Å². The molecule has 0 aliphatic rings. The highest BCUT2D eigenvalue weighted by atomic mass is 127. The summed E-state index contributed by atoms with van der Waals surface area (Å²) in [7, 11) is 0. The summed E-state index contributed by atoms with van der Waals surface area (Å²) in [5, 5.41) is 17.7. The van der Waals surface area contributed by atoms with E-state index in [-0.39, 0.29) is 0 Å². The predicted octanol–water partition coefficient (Wildman–Crippen LogP) is 2.04. The second kappa shape index (κ2) is 4.58. The zero-order valence-corrected chi connectivity index (χ0v) is 10.3. The highest BCUT2D eigenvalue weighted by Crippen LogP contribution is 2.23. The van der Waals surface area contributed by atoms with Crippen LogP contribution in [0, 0.1) is 3.57 Å². The molecular weight excluding hydrogens is 384 g/mol. The van der Waals surface area contributed by atoms with E-state index >= 15 is 0 Å². The van der Waals surface area contributed by atoms with Crippen LogP contribution in [-0.2, 0) is 0 Å². The van der Waals surface area contributed by atoms with E-state index in [1.807, 2.05) is 28.9 Å². The third-order valence-electron chi connectivity index (χ3n) is 1.39. The summed E-state index contributed by atoms with van der Waals surface area (Å²) in [5.74, 6) is 0. The quantitative estimate of drug-likeness (QED) is 0.411. The van der Waals surface area contributed by atoms with Gasteiger partial charge in [0.25, 0.3) is 0 Å². The van der Waals surface area contributed by atoms with Crippen molar-refractivity contribution in [1.29, 1.82) is 0 Å². The van der Waals surface area contributed by atoms with E-state index in [2.05, 4.69) is 26.1 Å². The van der Waals surface area contributed by atoms with Crippen LogP contribution in [0.15, 0.2) is 18.2 Å². The minimum Gasteiger partial charge on any atom is -0.364 e. The van der Waals surface area contributed by atoms with Crippen LogP contribution in [0.5, 0.6) is 0 Å². The lowest BCUT2D eigenvalue weighted by atomic mass is 10.2. The molecule has 0 amide bonds. The third kappa shape index (κ3) is 2.44. The first-order chi connectivity index (χ1) is 5.65. The molecule has 0 radical (unpaired) electrons. The van der Waals surface area contributed by atoms with Gasteiger partial charge in [0.1, 0.15) is 0 Å². The SMILES string of the molecule is OC(O)c1ccc(NI)c(I)c1. The molecule has 0 fully saturated rings. The molecule has 0 aliphatic carbocycles. The van der Waals surface area contributed by atoms with E-state index in [1.54, 1.807) is 12.1 Å². The Morgan fingerprint density at radius 2 is 2.00 bits per heavy atom. The number of aliphatic hydroxyl groups excluding tert-OH is 1. The normalized spacial score (nSPS) is 10.4. The van der Waals surface area contributed by atoms with Crippen molar-refractivity contribution in [1.82, 2.24) is 0 Å². The van der Waals surface area contributed by atoms with Gasteiger partial charge in [0, 0.05) is 9.13 Å². The van der Waals surface area contributed by atoms with Crippen LogP contribution in [0.4, 0.5) is 5.69 Å². The van der Waals surface area contributed by atoms with Gasteiger partial charge in [-0.25, -0.2) is 0 Å². The molecule has 0 unspecified atom stereocenters. The molecule has 0 spiro atoms. The van der Waals surface area contributed by atoms with Gasteiger partial charge in [-0.15, -0.1) is 0 Å². The molecule has 5 heteroatoms. The Morgan fingerprint density at radius 1 is 1.33 bits per heavy atom. The van der Waals surface area contributed by atoms with Crippen molar-refractivity contribution in [2.24, 2.45) is 0 Å². The number of anilines is 1. The number of nitrogens with one attached hydrogen (secondary N) is 1. The number of hydrogen-bond donors (Lipinski definition) is 3. The summed E-state index contributed by atoms with van der Waals surface area (Å²) in [4.78, 5) is 0. The van der Waals surface area contributed by atoms with Gasteiger partial charge in [-0.1, -0.05) is 6.07 Å². The molecule has 3 nitrogen and oxygen atoms in total. The van der Waals surface area contributed by atoms with E-state index < -0.39 is 6.29 Å². The number of aliphatic hydroxyl groups is 2. The predicted molar refractivity (Wildman–Crippen MR) is 64.0 cm³/mol. The van der Waals surface area contributed by atoms with Gasteiger partial charge in [0.2, 0.25) is 0 Å². The van der Waals surface area contributed by atoms with Crippen molar-refractivity contribution in [3.8, 4) is 0 Å². The zero-order valence-electron chi connectivity index (χ0n) is 5.96. The number of benzene rings is 1. The molecule has 0 saturated heterocycles. The lowest BCUT2D eigenvalue weighted by Crippen LogP contribution is -1.96. The first-order valence-electron chi connectivity index (χ1n) is 3.17. The molecule has 0 aromatic heterocycles. The molecule has 66 valence electrons. The average Bonchev–Trinajstić information content (AvgIpc) is 2.04. The van der Waals surface area contributed by atoms with E-state index in [1.165, 1.54) is 0 Å². The molecule has 1 aromatic carbocycles. The summed E-state index contributed by atoms with van der Waals surface area (Å²) in [6, 6.07) is 5.21. The molecule has 0 saturated carbocycles. The Balaban J connectivity index is 3.02.